The van der Waals surface area contributed by atoms with Crippen molar-refractivity contribution in [1.29, 1.82) is 0 Å². The molecule has 0 aliphatic heterocycles. The van der Waals surface area contributed by atoms with Gasteiger partial charge in [-0.3, -0.25) is 14.3 Å². The normalized spacial score (nSPS) is 11.2. The average molecular weight is 305 g/mol. The zero-order valence-corrected chi connectivity index (χ0v) is 11.6. The maximum Gasteiger partial charge on any atom is 0.306 e. The number of methoxy groups -OCH3 is 1. The first-order valence-electron chi connectivity index (χ1n) is 5.66. The highest BCUT2D eigenvalue weighted by molar-refractivity contribution is 7.89. The molecule has 0 amide bonds. The molecule has 2 N–H and O–H groups in total. The molecule has 9 nitrogen and oxygen atoms in total. The Labute approximate surface area is 115 Å². The van der Waals surface area contributed by atoms with Crippen molar-refractivity contribution < 1.29 is 27.9 Å². The molecule has 0 aromatic carbocycles. The number of carbonyl (C=O) groups excluding carboxylic acids is 1. The molecular formula is C10H15N3O6S. The summed E-state index contributed by atoms with van der Waals surface area (Å²) in [6, 6.07) is 0. The number of esters is 1. The summed E-state index contributed by atoms with van der Waals surface area (Å²) >= 11 is 0. The molecule has 0 bridgehead atoms. The summed E-state index contributed by atoms with van der Waals surface area (Å²) < 4.78 is 31.5. The maximum atomic E-state index is 11.8. The molecule has 0 saturated carbocycles. The van der Waals surface area contributed by atoms with E-state index in [1.165, 1.54) is 18.0 Å². The number of hydrogen-bond acceptors (Lipinski definition) is 6. The van der Waals surface area contributed by atoms with Gasteiger partial charge in [-0.25, -0.2) is 13.1 Å². The van der Waals surface area contributed by atoms with Crippen molar-refractivity contribution in [2.75, 3.05) is 13.7 Å². The van der Waals surface area contributed by atoms with Crippen molar-refractivity contribution in [3.63, 3.8) is 0 Å². The van der Waals surface area contributed by atoms with E-state index in [9.17, 15) is 18.0 Å². The number of aryl methyl sites for hydroxylation is 1. The lowest BCUT2D eigenvalue weighted by Gasteiger charge is -2.03. The Bertz CT molecular complexity index is 580. The molecule has 0 fully saturated rings. The molecule has 0 radical (unpaired) electrons. The van der Waals surface area contributed by atoms with Gasteiger partial charge in [0.2, 0.25) is 10.0 Å². The minimum Gasteiger partial charge on any atom is -0.481 e. The SMILES string of the molecule is COC(=O)CCNS(=O)(=O)c1cnn(CCC(=O)O)c1. The third-order valence-corrected chi connectivity index (χ3v) is 3.74. The summed E-state index contributed by atoms with van der Waals surface area (Å²) in [5, 5.41) is 12.3. The van der Waals surface area contributed by atoms with Crippen LogP contribution in [0.15, 0.2) is 17.3 Å². The molecule has 1 aromatic rings. The van der Waals surface area contributed by atoms with E-state index in [1.807, 2.05) is 0 Å². The number of hydrogen-bond donors (Lipinski definition) is 2. The standard InChI is InChI=1S/C10H15N3O6S/c1-19-10(16)2-4-12-20(17,18)8-6-11-13(7-8)5-3-9(14)15/h6-7,12H,2-5H2,1H3,(H,14,15). The first-order chi connectivity index (χ1) is 9.35. The number of rotatable bonds is 8. The summed E-state index contributed by atoms with van der Waals surface area (Å²) in [6.07, 6.45) is 2.10. The van der Waals surface area contributed by atoms with Crippen LogP contribution in [-0.4, -0.2) is 48.9 Å². The van der Waals surface area contributed by atoms with Crippen molar-refractivity contribution in [2.24, 2.45) is 0 Å². The summed E-state index contributed by atoms with van der Waals surface area (Å²) in [5.74, 6) is -1.52. The molecule has 0 aliphatic carbocycles. The Morgan fingerprint density at radius 2 is 2.15 bits per heavy atom. The van der Waals surface area contributed by atoms with Crippen LogP contribution in [0, 0.1) is 0 Å². The van der Waals surface area contributed by atoms with E-state index in [1.54, 1.807) is 0 Å². The third-order valence-electron chi connectivity index (χ3n) is 2.32. The second-order valence-corrected chi connectivity index (χ2v) is 5.57. The molecule has 1 rings (SSSR count). The number of carboxylic acid groups (broad SMARTS) is 1. The lowest BCUT2D eigenvalue weighted by Crippen LogP contribution is -2.26. The van der Waals surface area contributed by atoms with Crippen molar-refractivity contribution in [3.8, 4) is 0 Å². The van der Waals surface area contributed by atoms with Gasteiger partial charge in [0.25, 0.3) is 0 Å². The van der Waals surface area contributed by atoms with Gasteiger partial charge in [0.15, 0.2) is 0 Å². The number of aliphatic carboxylic acids is 1. The lowest BCUT2D eigenvalue weighted by molar-refractivity contribution is -0.140. The van der Waals surface area contributed by atoms with Crippen molar-refractivity contribution in [2.45, 2.75) is 24.3 Å². The van der Waals surface area contributed by atoms with Gasteiger partial charge in [0, 0.05) is 12.7 Å². The number of carboxylic acids is 1. The zero-order chi connectivity index (χ0) is 15.2. The van der Waals surface area contributed by atoms with Gasteiger partial charge >= 0.3 is 11.9 Å². The van der Waals surface area contributed by atoms with Crippen LogP contribution in [-0.2, 0) is 30.9 Å². The van der Waals surface area contributed by atoms with Gasteiger partial charge in [-0.2, -0.15) is 5.10 Å². The van der Waals surface area contributed by atoms with E-state index in [0.29, 0.717) is 0 Å². The number of sulfonamides is 1. The Morgan fingerprint density at radius 3 is 2.75 bits per heavy atom. The first-order valence-corrected chi connectivity index (χ1v) is 7.14. The van der Waals surface area contributed by atoms with E-state index in [-0.39, 0.29) is 30.8 Å². The van der Waals surface area contributed by atoms with Crippen LogP contribution in [0.5, 0.6) is 0 Å². The zero-order valence-electron chi connectivity index (χ0n) is 10.8. The predicted molar refractivity (Wildman–Crippen MR) is 66.3 cm³/mol. The molecule has 1 heterocycles. The van der Waals surface area contributed by atoms with Crippen LogP contribution in [0.1, 0.15) is 12.8 Å². The third kappa shape index (κ3) is 4.97. The molecule has 0 atom stereocenters. The van der Waals surface area contributed by atoms with Crippen molar-refractivity contribution >= 4 is 22.0 Å². The summed E-state index contributed by atoms with van der Waals surface area (Å²) in [4.78, 5) is 21.2. The van der Waals surface area contributed by atoms with Crippen LogP contribution < -0.4 is 4.72 Å². The van der Waals surface area contributed by atoms with Crippen LogP contribution in [0.25, 0.3) is 0 Å². The lowest BCUT2D eigenvalue weighted by atomic mass is 10.4. The van der Waals surface area contributed by atoms with Gasteiger partial charge in [-0.1, -0.05) is 0 Å². The minimum absolute atomic E-state index is 0.0764. The Kier molecular flexibility index (Phi) is 5.65. The van der Waals surface area contributed by atoms with E-state index in [4.69, 9.17) is 5.11 Å². The quantitative estimate of drug-likeness (QED) is 0.602. The highest BCUT2D eigenvalue weighted by Gasteiger charge is 2.16. The Morgan fingerprint density at radius 1 is 1.45 bits per heavy atom. The summed E-state index contributed by atoms with van der Waals surface area (Å²) in [5.41, 5.74) is 0. The second kappa shape index (κ2) is 7.01. The predicted octanol–water partition coefficient (Wildman–Crippen LogP) is -0.801. The van der Waals surface area contributed by atoms with Crippen LogP contribution in [0.4, 0.5) is 0 Å². The number of carbonyl (C=O) groups is 2. The Hall–Kier alpha value is -1.94. The van der Waals surface area contributed by atoms with Gasteiger partial charge in [0.1, 0.15) is 4.90 Å². The largest absolute Gasteiger partial charge is 0.481 e. The van der Waals surface area contributed by atoms with Gasteiger partial charge in [0.05, 0.1) is 32.7 Å². The molecule has 0 unspecified atom stereocenters. The average Bonchev–Trinajstić information content (AvgIpc) is 2.85. The van der Waals surface area contributed by atoms with Crippen LogP contribution in [0.3, 0.4) is 0 Å². The highest BCUT2D eigenvalue weighted by atomic mass is 32.2. The number of nitrogens with one attached hydrogen (secondary N) is 1. The number of nitrogens with zero attached hydrogens (tertiary/aromatic N) is 2. The van der Waals surface area contributed by atoms with Crippen molar-refractivity contribution in [1.82, 2.24) is 14.5 Å². The summed E-state index contributed by atoms with van der Waals surface area (Å²) in [6.45, 7) is -0.0116. The molecule has 0 aliphatic rings. The smallest absolute Gasteiger partial charge is 0.306 e. The fourth-order valence-corrected chi connectivity index (χ4v) is 2.27. The second-order valence-electron chi connectivity index (χ2n) is 3.81. The molecule has 10 heteroatoms. The van der Waals surface area contributed by atoms with E-state index < -0.39 is 22.0 Å². The monoisotopic (exact) mass is 305 g/mol. The highest BCUT2D eigenvalue weighted by Crippen LogP contribution is 2.07. The van der Waals surface area contributed by atoms with Gasteiger partial charge in [-0.05, 0) is 0 Å². The van der Waals surface area contributed by atoms with E-state index in [0.717, 1.165) is 6.20 Å². The fraction of sp³-hybridized carbons (Fsp3) is 0.500. The number of aromatic nitrogens is 2. The maximum absolute atomic E-state index is 11.8. The molecule has 112 valence electrons. The van der Waals surface area contributed by atoms with Gasteiger partial charge in [-0.15, -0.1) is 0 Å². The van der Waals surface area contributed by atoms with Crippen LogP contribution in [0.2, 0.25) is 0 Å². The molecular weight excluding hydrogens is 290 g/mol. The number of ether oxygens (including phenoxy) is 1. The Balaban J connectivity index is 2.59. The van der Waals surface area contributed by atoms with Gasteiger partial charge < -0.3 is 9.84 Å². The van der Waals surface area contributed by atoms with Crippen molar-refractivity contribution in [3.05, 3.63) is 12.4 Å². The topological polar surface area (TPSA) is 128 Å². The minimum atomic E-state index is -3.77. The molecule has 20 heavy (non-hydrogen) atoms. The first kappa shape index (κ1) is 16.1. The fourth-order valence-electron chi connectivity index (χ4n) is 1.29. The van der Waals surface area contributed by atoms with Crippen LogP contribution >= 0.6 is 0 Å². The summed E-state index contributed by atoms with van der Waals surface area (Å²) in [7, 11) is -2.56. The molecule has 0 saturated heterocycles. The molecule has 0 spiro atoms. The van der Waals surface area contributed by atoms with E-state index in [2.05, 4.69) is 14.6 Å². The molecule has 1 aromatic heterocycles. The van der Waals surface area contributed by atoms with E-state index >= 15 is 0 Å².